The van der Waals surface area contributed by atoms with E-state index in [4.69, 9.17) is 11.6 Å². The second-order valence-electron chi connectivity index (χ2n) is 3.57. The number of nitrogens with zero attached hydrogens (tertiary/aromatic N) is 1. The van der Waals surface area contributed by atoms with Gasteiger partial charge >= 0.3 is 5.97 Å². The van der Waals surface area contributed by atoms with Gasteiger partial charge in [-0.2, -0.15) is 0 Å². The highest BCUT2D eigenvalue weighted by atomic mass is 35.5. The summed E-state index contributed by atoms with van der Waals surface area (Å²) in [6.45, 7) is 5.19. The molecule has 1 N–H and O–H groups in total. The van der Waals surface area contributed by atoms with Crippen LogP contribution in [0.1, 0.15) is 6.42 Å². The Morgan fingerprint density at radius 2 is 2.44 bits per heavy atom. The van der Waals surface area contributed by atoms with E-state index in [1.54, 1.807) is 0 Å². The molecule has 1 unspecified atom stereocenters. The van der Waals surface area contributed by atoms with Crippen molar-refractivity contribution in [1.29, 1.82) is 0 Å². The number of methoxy groups -OCH3 is 1. The number of carbonyl (C=O) groups is 2. The average molecular weight is 247 g/mol. The number of carbonyl (C=O) groups excluding carboxylic acids is 2. The summed E-state index contributed by atoms with van der Waals surface area (Å²) in [5.74, 6) is -0.582. The molecule has 5 nitrogen and oxygen atoms in total. The molecule has 1 fully saturated rings. The molecule has 6 heteroatoms. The number of nitrogens with one attached hydrogen (secondary N) is 1. The second kappa shape index (κ2) is 5.86. The Kier molecular flexibility index (Phi) is 4.76. The summed E-state index contributed by atoms with van der Waals surface area (Å²) in [5.41, 5.74) is 0. The molecule has 0 aliphatic carbocycles. The summed E-state index contributed by atoms with van der Waals surface area (Å²) in [7, 11) is 1.30. The molecule has 1 saturated heterocycles. The van der Waals surface area contributed by atoms with Crippen LogP contribution in [0.4, 0.5) is 0 Å². The number of halogens is 1. The first kappa shape index (κ1) is 13.0. The van der Waals surface area contributed by atoms with Gasteiger partial charge in [0, 0.05) is 24.7 Å². The summed E-state index contributed by atoms with van der Waals surface area (Å²) < 4.78 is 4.55. The lowest BCUT2D eigenvalue weighted by atomic mass is 10.1. The van der Waals surface area contributed by atoms with Gasteiger partial charge in [0.1, 0.15) is 6.04 Å². The van der Waals surface area contributed by atoms with E-state index in [-0.39, 0.29) is 12.3 Å². The van der Waals surface area contributed by atoms with Crippen LogP contribution in [0.3, 0.4) is 0 Å². The van der Waals surface area contributed by atoms with E-state index in [1.807, 2.05) is 4.90 Å². The number of rotatable bonds is 4. The predicted molar refractivity (Wildman–Crippen MR) is 60.0 cm³/mol. The van der Waals surface area contributed by atoms with Crippen molar-refractivity contribution in [2.24, 2.45) is 0 Å². The Morgan fingerprint density at radius 3 is 3.00 bits per heavy atom. The average Bonchev–Trinajstić information content (AvgIpc) is 2.22. The lowest BCUT2D eigenvalue weighted by Crippen LogP contribution is -2.56. The van der Waals surface area contributed by atoms with Crippen LogP contribution in [-0.2, 0) is 14.3 Å². The third kappa shape index (κ3) is 3.50. The van der Waals surface area contributed by atoms with Crippen LogP contribution in [0.5, 0.6) is 0 Å². The van der Waals surface area contributed by atoms with Crippen molar-refractivity contribution >= 4 is 23.5 Å². The molecule has 0 aromatic heterocycles. The lowest BCUT2D eigenvalue weighted by molar-refractivity contribution is -0.145. The van der Waals surface area contributed by atoms with Gasteiger partial charge < -0.3 is 10.1 Å². The highest BCUT2D eigenvalue weighted by molar-refractivity contribution is 6.29. The maximum absolute atomic E-state index is 11.6. The van der Waals surface area contributed by atoms with Gasteiger partial charge in [-0.1, -0.05) is 18.2 Å². The normalized spacial score (nSPS) is 21.4. The summed E-state index contributed by atoms with van der Waals surface area (Å²) in [6, 6.07) is -0.517. The van der Waals surface area contributed by atoms with E-state index in [1.165, 1.54) is 7.11 Å². The number of hydrogen-bond acceptors (Lipinski definition) is 4. The lowest BCUT2D eigenvalue weighted by Gasteiger charge is -2.34. The van der Waals surface area contributed by atoms with Crippen molar-refractivity contribution in [3.05, 3.63) is 11.6 Å². The fourth-order valence-corrected chi connectivity index (χ4v) is 1.79. The van der Waals surface area contributed by atoms with Gasteiger partial charge in [0.2, 0.25) is 5.91 Å². The van der Waals surface area contributed by atoms with Gasteiger partial charge in [-0.15, -0.1) is 0 Å². The van der Waals surface area contributed by atoms with Crippen molar-refractivity contribution < 1.29 is 14.3 Å². The van der Waals surface area contributed by atoms with Gasteiger partial charge in [-0.3, -0.25) is 14.5 Å². The number of hydrogen-bond donors (Lipinski definition) is 1. The fraction of sp³-hybridized carbons (Fsp3) is 0.600. The quantitative estimate of drug-likeness (QED) is 0.715. The Bertz CT molecular complexity index is 306. The maximum Gasteiger partial charge on any atom is 0.307 e. The number of amides is 1. The van der Waals surface area contributed by atoms with Crippen LogP contribution in [0.2, 0.25) is 0 Å². The Hall–Kier alpha value is -1.07. The molecule has 1 amide bonds. The van der Waals surface area contributed by atoms with Crippen LogP contribution >= 0.6 is 11.6 Å². The Labute approximate surface area is 99.4 Å². The molecule has 16 heavy (non-hydrogen) atoms. The summed E-state index contributed by atoms with van der Waals surface area (Å²) >= 11 is 5.71. The molecular weight excluding hydrogens is 232 g/mol. The smallest absolute Gasteiger partial charge is 0.307 e. The van der Waals surface area contributed by atoms with Gasteiger partial charge in [-0.05, 0) is 0 Å². The van der Waals surface area contributed by atoms with E-state index in [0.29, 0.717) is 24.7 Å². The summed E-state index contributed by atoms with van der Waals surface area (Å²) in [4.78, 5) is 24.6. The molecule has 0 aromatic carbocycles. The van der Waals surface area contributed by atoms with Gasteiger partial charge in [0.25, 0.3) is 0 Å². The molecule has 0 radical (unpaired) electrons. The largest absolute Gasteiger partial charge is 0.469 e. The third-order valence-electron chi connectivity index (χ3n) is 2.40. The molecule has 1 aliphatic rings. The molecule has 1 aliphatic heterocycles. The zero-order valence-electron chi connectivity index (χ0n) is 9.16. The number of esters is 1. The van der Waals surface area contributed by atoms with Crippen LogP contribution in [0.25, 0.3) is 0 Å². The Balaban J connectivity index is 2.67. The minimum absolute atomic E-state index is 0.0342. The molecule has 0 saturated carbocycles. The van der Waals surface area contributed by atoms with Crippen molar-refractivity contribution in [2.75, 3.05) is 26.7 Å². The van der Waals surface area contributed by atoms with Gasteiger partial charge in [0.15, 0.2) is 0 Å². The first-order chi connectivity index (χ1) is 7.54. The predicted octanol–water partition coefficient (Wildman–Crippen LogP) is 0.102. The van der Waals surface area contributed by atoms with E-state index in [2.05, 4.69) is 16.6 Å². The zero-order valence-corrected chi connectivity index (χ0v) is 9.92. The fourth-order valence-electron chi connectivity index (χ4n) is 1.63. The molecule has 1 heterocycles. The molecule has 0 aromatic rings. The maximum atomic E-state index is 11.6. The highest BCUT2D eigenvalue weighted by Gasteiger charge is 2.31. The van der Waals surface area contributed by atoms with Crippen LogP contribution < -0.4 is 5.32 Å². The molecular formula is C10H15ClN2O3. The first-order valence-electron chi connectivity index (χ1n) is 4.96. The molecule has 0 bridgehead atoms. The summed E-state index contributed by atoms with van der Waals surface area (Å²) in [6.07, 6.45) is 0.0342. The second-order valence-corrected chi connectivity index (χ2v) is 4.11. The van der Waals surface area contributed by atoms with Gasteiger partial charge in [-0.25, -0.2) is 0 Å². The minimum Gasteiger partial charge on any atom is -0.469 e. The van der Waals surface area contributed by atoms with E-state index < -0.39 is 12.0 Å². The molecule has 0 spiro atoms. The zero-order chi connectivity index (χ0) is 12.1. The van der Waals surface area contributed by atoms with E-state index in [0.717, 1.165) is 0 Å². The van der Waals surface area contributed by atoms with Crippen molar-refractivity contribution in [2.45, 2.75) is 12.5 Å². The number of ether oxygens (including phenoxy) is 1. The monoisotopic (exact) mass is 246 g/mol. The van der Waals surface area contributed by atoms with Crippen LogP contribution in [-0.4, -0.2) is 49.6 Å². The first-order valence-corrected chi connectivity index (χ1v) is 5.34. The van der Waals surface area contributed by atoms with Crippen LogP contribution in [0.15, 0.2) is 11.6 Å². The molecule has 1 rings (SSSR count). The standard InChI is InChI=1S/C10H15ClN2O3/c1-7(11)6-13-4-3-12-10(15)8(13)5-9(14)16-2/h8H,1,3-6H2,2H3,(H,12,15). The van der Waals surface area contributed by atoms with Crippen molar-refractivity contribution in [3.8, 4) is 0 Å². The van der Waals surface area contributed by atoms with E-state index >= 15 is 0 Å². The molecule has 90 valence electrons. The third-order valence-corrected chi connectivity index (χ3v) is 2.52. The van der Waals surface area contributed by atoms with Crippen LogP contribution in [0, 0.1) is 0 Å². The van der Waals surface area contributed by atoms with E-state index in [9.17, 15) is 9.59 Å². The highest BCUT2D eigenvalue weighted by Crippen LogP contribution is 2.12. The molecule has 1 atom stereocenters. The Morgan fingerprint density at radius 1 is 1.75 bits per heavy atom. The summed E-state index contributed by atoms with van der Waals surface area (Å²) in [5, 5.41) is 3.15. The topological polar surface area (TPSA) is 58.6 Å². The van der Waals surface area contributed by atoms with Gasteiger partial charge in [0.05, 0.1) is 13.5 Å². The number of piperazine rings is 1. The van der Waals surface area contributed by atoms with Crippen molar-refractivity contribution in [3.63, 3.8) is 0 Å². The SMILES string of the molecule is C=C(Cl)CN1CCNC(=O)C1CC(=O)OC. The minimum atomic E-state index is -0.517. The van der Waals surface area contributed by atoms with Crippen molar-refractivity contribution in [1.82, 2.24) is 10.2 Å².